The molecule has 0 fully saturated rings. The van der Waals surface area contributed by atoms with Gasteiger partial charge in [0.1, 0.15) is 5.82 Å². The molecular formula is C16H14BrFN2. The summed E-state index contributed by atoms with van der Waals surface area (Å²) in [5.41, 5.74) is 2.18. The van der Waals surface area contributed by atoms with Gasteiger partial charge in [-0.2, -0.15) is 5.26 Å². The highest BCUT2D eigenvalue weighted by molar-refractivity contribution is 9.10. The lowest BCUT2D eigenvalue weighted by atomic mass is 10.1. The zero-order valence-corrected chi connectivity index (χ0v) is 12.7. The lowest BCUT2D eigenvalue weighted by Crippen LogP contribution is -2.18. The molecule has 0 saturated heterocycles. The van der Waals surface area contributed by atoms with Crippen LogP contribution in [-0.4, -0.2) is 11.9 Å². The van der Waals surface area contributed by atoms with Gasteiger partial charge in [0, 0.05) is 23.1 Å². The summed E-state index contributed by atoms with van der Waals surface area (Å²) in [5, 5.41) is 8.86. The van der Waals surface area contributed by atoms with E-state index in [1.807, 2.05) is 42.3 Å². The molecule has 0 aliphatic carbocycles. The van der Waals surface area contributed by atoms with Crippen molar-refractivity contribution in [1.29, 1.82) is 5.26 Å². The number of halogens is 2. The van der Waals surface area contributed by atoms with Crippen LogP contribution in [0.5, 0.6) is 0 Å². The van der Waals surface area contributed by atoms with Gasteiger partial charge >= 0.3 is 0 Å². The molecule has 0 saturated carbocycles. The highest BCUT2D eigenvalue weighted by Gasteiger charge is 2.08. The number of nitriles is 1. The number of benzene rings is 2. The number of nitrogens with zero attached hydrogens (tertiary/aromatic N) is 2. The van der Waals surface area contributed by atoms with Crippen LogP contribution in [0, 0.1) is 17.1 Å². The Kier molecular flexibility index (Phi) is 4.89. The van der Waals surface area contributed by atoms with E-state index in [2.05, 4.69) is 15.9 Å². The van der Waals surface area contributed by atoms with Crippen molar-refractivity contribution in [2.75, 3.05) is 7.05 Å². The fourth-order valence-corrected chi connectivity index (χ4v) is 2.51. The zero-order chi connectivity index (χ0) is 14.5. The Morgan fingerprint density at radius 3 is 2.70 bits per heavy atom. The van der Waals surface area contributed by atoms with E-state index in [-0.39, 0.29) is 5.82 Å². The van der Waals surface area contributed by atoms with Crippen LogP contribution in [0.1, 0.15) is 16.7 Å². The molecular weight excluding hydrogens is 319 g/mol. The minimum absolute atomic E-state index is 0.273. The maximum atomic E-state index is 13.7. The van der Waals surface area contributed by atoms with Crippen LogP contribution in [0.15, 0.2) is 46.9 Å². The Balaban J connectivity index is 2.08. The quantitative estimate of drug-likeness (QED) is 0.843. The Labute approximate surface area is 126 Å². The first-order chi connectivity index (χ1) is 9.58. The predicted octanol–water partition coefficient (Wildman–Crippen LogP) is 4.09. The normalized spacial score (nSPS) is 10.6. The second-order valence-electron chi connectivity index (χ2n) is 4.72. The summed E-state index contributed by atoms with van der Waals surface area (Å²) >= 11 is 3.43. The van der Waals surface area contributed by atoms with Crippen molar-refractivity contribution in [3.8, 4) is 6.07 Å². The molecule has 0 aromatic heterocycles. The fourth-order valence-electron chi connectivity index (χ4n) is 2.06. The van der Waals surface area contributed by atoms with E-state index < -0.39 is 0 Å². The fraction of sp³-hybridized carbons (Fsp3) is 0.188. The minimum Gasteiger partial charge on any atom is -0.298 e. The molecule has 0 bridgehead atoms. The minimum atomic E-state index is -0.273. The molecule has 0 radical (unpaired) electrons. The van der Waals surface area contributed by atoms with E-state index >= 15 is 0 Å². The molecule has 4 heteroatoms. The molecule has 20 heavy (non-hydrogen) atoms. The molecule has 0 N–H and O–H groups in total. The smallest absolute Gasteiger partial charge is 0.127 e. The first-order valence-corrected chi connectivity index (χ1v) is 6.99. The molecule has 2 aromatic rings. The van der Waals surface area contributed by atoms with Gasteiger partial charge in [0.2, 0.25) is 0 Å². The molecule has 0 unspecified atom stereocenters. The first kappa shape index (κ1) is 14.7. The van der Waals surface area contributed by atoms with E-state index in [1.165, 1.54) is 12.1 Å². The second-order valence-corrected chi connectivity index (χ2v) is 5.64. The Hall–Kier alpha value is -1.70. The third-order valence-corrected chi connectivity index (χ3v) is 3.45. The molecule has 2 nitrogen and oxygen atoms in total. The van der Waals surface area contributed by atoms with Crippen LogP contribution < -0.4 is 0 Å². The zero-order valence-electron chi connectivity index (χ0n) is 11.1. The number of hydrogen-bond donors (Lipinski definition) is 0. The van der Waals surface area contributed by atoms with Gasteiger partial charge in [-0.3, -0.25) is 4.90 Å². The van der Waals surface area contributed by atoms with Gasteiger partial charge in [-0.25, -0.2) is 4.39 Å². The third-order valence-electron chi connectivity index (χ3n) is 2.96. The molecule has 2 rings (SSSR count). The first-order valence-electron chi connectivity index (χ1n) is 6.20. The Bertz CT molecular complexity index is 649. The van der Waals surface area contributed by atoms with Crippen LogP contribution in [0.25, 0.3) is 0 Å². The van der Waals surface area contributed by atoms with Crippen LogP contribution in [0.4, 0.5) is 4.39 Å². The highest BCUT2D eigenvalue weighted by Crippen LogP contribution is 2.16. The topological polar surface area (TPSA) is 27.0 Å². The highest BCUT2D eigenvalue weighted by atomic mass is 79.9. The predicted molar refractivity (Wildman–Crippen MR) is 80.4 cm³/mol. The SMILES string of the molecule is CN(Cc1cccc(Br)c1)Cc1cc(C#N)ccc1F. The van der Waals surface area contributed by atoms with Crippen LogP contribution in [0.3, 0.4) is 0 Å². The average Bonchev–Trinajstić information content (AvgIpc) is 2.41. The Morgan fingerprint density at radius 2 is 2.00 bits per heavy atom. The van der Waals surface area contributed by atoms with E-state index in [1.54, 1.807) is 6.07 Å². The molecule has 0 aliphatic heterocycles. The summed E-state index contributed by atoms with van der Waals surface area (Å²) in [5.74, 6) is -0.273. The number of rotatable bonds is 4. The summed E-state index contributed by atoms with van der Waals surface area (Å²) in [6, 6.07) is 14.5. The van der Waals surface area contributed by atoms with Crippen LogP contribution >= 0.6 is 15.9 Å². The largest absolute Gasteiger partial charge is 0.298 e. The Morgan fingerprint density at radius 1 is 1.20 bits per heavy atom. The number of hydrogen-bond acceptors (Lipinski definition) is 2. The van der Waals surface area contributed by atoms with Gasteiger partial charge < -0.3 is 0 Å². The van der Waals surface area contributed by atoms with E-state index in [4.69, 9.17) is 5.26 Å². The molecule has 0 amide bonds. The summed E-state index contributed by atoms with van der Waals surface area (Å²) in [6.07, 6.45) is 0. The molecule has 0 atom stereocenters. The van der Waals surface area contributed by atoms with Crippen molar-refractivity contribution in [2.24, 2.45) is 0 Å². The second kappa shape index (κ2) is 6.65. The maximum Gasteiger partial charge on any atom is 0.127 e. The van der Waals surface area contributed by atoms with Crippen molar-refractivity contribution < 1.29 is 4.39 Å². The summed E-state index contributed by atoms with van der Waals surface area (Å²) in [6.45, 7) is 1.18. The molecule has 2 aromatic carbocycles. The maximum absolute atomic E-state index is 13.7. The molecule has 102 valence electrons. The van der Waals surface area contributed by atoms with E-state index in [0.29, 0.717) is 17.7 Å². The van der Waals surface area contributed by atoms with E-state index in [9.17, 15) is 4.39 Å². The summed E-state index contributed by atoms with van der Waals surface area (Å²) in [4.78, 5) is 2.02. The van der Waals surface area contributed by atoms with Gasteiger partial charge in [0.15, 0.2) is 0 Å². The monoisotopic (exact) mass is 332 g/mol. The van der Waals surface area contributed by atoms with Crippen molar-refractivity contribution >= 4 is 15.9 Å². The lowest BCUT2D eigenvalue weighted by molar-refractivity contribution is 0.313. The van der Waals surface area contributed by atoms with Gasteiger partial charge in [-0.1, -0.05) is 28.1 Å². The van der Waals surface area contributed by atoms with Crippen LogP contribution in [0.2, 0.25) is 0 Å². The molecule has 0 spiro atoms. The van der Waals surface area contributed by atoms with Gasteiger partial charge in [0.05, 0.1) is 11.6 Å². The standard InChI is InChI=1S/C16H14BrFN2/c1-20(10-13-3-2-4-15(17)8-13)11-14-7-12(9-19)5-6-16(14)18/h2-8H,10-11H2,1H3. The van der Waals surface area contributed by atoms with Crippen molar-refractivity contribution in [2.45, 2.75) is 13.1 Å². The average molecular weight is 333 g/mol. The van der Waals surface area contributed by atoms with Crippen LogP contribution in [-0.2, 0) is 13.1 Å². The third kappa shape index (κ3) is 3.89. The van der Waals surface area contributed by atoms with E-state index in [0.717, 1.165) is 16.6 Å². The van der Waals surface area contributed by atoms with Crippen molar-refractivity contribution in [3.63, 3.8) is 0 Å². The lowest BCUT2D eigenvalue weighted by Gasteiger charge is -2.17. The van der Waals surface area contributed by atoms with Gasteiger partial charge in [0.25, 0.3) is 0 Å². The van der Waals surface area contributed by atoms with Crippen molar-refractivity contribution in [1.82, 2.24) is 4.90 Å². The summed E-state index contributed by atoms with van der Waals surface area (Å²) < 4.78 is 14.8. The molecule has 0 aliphatic rings. The van der Waals surface area contributed by atoms with Gasteiger partial charge in [-0.15, -0.1) is 0 Å². The molecule has 0 heterocycles. The van der Waals surface area contributed by atoms with Crippen molar-refractivity contribution in [3.05, 3.63) is 69.4 Å². The summed E-state index contributed by atoms with van der Waals surface area (Å²) in [7, 11) is 1.93. The van der Waals surface area contributed by atoms with Gasteiger partial charge in [-0.05, 0) is 42.9 Å².